The first-order chi connectivity index (χ1) is 12.5. The molecule has 1 aromatic carbocycles. The van der Waals surface area contributed by atoms with E-state index in [0.29, 0.717) is 17.1 Å². The van der Waals surface area contributed by atoms with E-state index < -0.39 is 6.04 Å². The van der Waals surface area contributed by atoms with Crippen LogP contribution in [0.1, 0.15) is 28.3 Å². The molecule has 0 saturated carbocycles. The van der Waals surface area contributed by atoms with Crippen molar-refractivity contribution in [1.29, 1.82) is 10.5 Å². The number of rotatable bonds is 2. The van der Waals surface area contributed by atoms with Gasteiger partial charge in [0.15, 0.2) is 6.19 Å². The molecule has 1 aliphatic heterocycles. The van der Waals surface area contributed by atoms with Crippen molar-refractivity contribution in [2.45, 2.75) is 13.0 Å². The van der Waals surface area contributed by atoms with E-state index in [1.807, 2.05) is 37.4 Å². The number of nitrogens with one attached hydrogen (secondary N) is 2. The number of anilines is 3. The van der Waals surface area contributed by atoms with Gasteiger partial charge in [-0.25, -0.2) is 9.98 Å². The number of aromatic nitrogens is 1. The lowest BCUT2D eigenvalue weighted by Crippen LogP contribution is -2.33. The molecule has 9 nitrogen and oxygen atoms in total. The Kier molecular flexibility index (Phi) is 4.21. The molecule has 0 aliphatic carbocycles. The monoisotopic (exact) mass is 348 g/mol. The van der Waals surface area contributed by atoms with Gasteiger partial charge in [0.1, 0.15) is 35.1 Å². The van der Waals surface area contributed by atoms with Gasteiger partial charge in [-0.15, -0.1) is 0 Å². The summed E-state index contributed by atoms with van der Waals surface area (Å²) in [6.07, 6.45) is 1.82. The maximum Gasteiger partial charge on any atom is 0.211 e. The molecule has 0 amide bonds. The van der Waals surface area contributed by atoms with Crippen LogP contribution in [0.25, 0.3) is 0 Å². The highest BCUT2D eigenvalue weighted by Gasteiger charge is 2.30. The summed E-state index contributed by atoms with van der Waals surface area (Å²) in [5, 5.41) is 23.6. The third kappa shape index (κ3) is 2.68. The van der Waals surface area contributed by atoms with Crippen LogP contribution in [0.2, 0.25) is 0 Å². The summed E-state index contributed by atoms with van der Waals surface area (Å²) in [7, 11) is 1.59. The molecule has 1 unspecified atom stereocenters. The van der Waals surface area contributed by atoms with Crippen LogP contribution < -0.4 is 26.8 Å². The Morgan fingerprint density at radius 1 is 1.31 bits per heavy atom. The predicted octanol–water partition coefficient (Wildman–Crippen LogP) is 1.38. The number of nitrogen functional groups attached to an aromatic ring is 2. The highest BCUT2D eigenvalue weighted by Crippen LogP contribution is 2.41. The summed E-state index contributed by atoms with van der Waals surface area (Å²) in [6, 6.07) is 6.96. The topological polar surface area (TPSA) is 158 Å². The minimum Gasteiger partial charge on any atom is -0.497 e. The van der Waals surface area contributed by atoms with E-state index in [1.54, 1.807) is 7.11 Å². The molecule has 26 heavy (non-hydrogen) atoms. The van der Waals surface area contributed by atoms with Gasteiger partial charge in [-0.3, -0.25) is 5.32 Å². The van der Waals surface area contributed by atoms with Crippen LogP contribution in [0.3, 0.4) is 0 Å². The van der Waals surface area contributed by atoms with E-state index in [2.05, 4.69) is 20.6 Å². The largest absolute Gasteiger partial charge is 0.497 e. The molecule has 130 valence electrons. The smallest absolute Gasteiger partial charge is 0.211 e. The van der Waals surface area contributed by atoms with Crippen molar-refractivity contribution in [3.63, 3.8) is 0 Å². The SMILES string of the molecule is COc1ccc(C2N=C(NC#N)Nc3nc(N)c(C#N)c(N)c32)c(C)c1. The van der Waals surface area contributed by atoms with Gasteiger partial charge < -0.3 is 21.5 Å². The average molecular weight is 348 g/mol. The first-order valence-electron chi connectivity index (χ1n) is 7.63. The molecule has 6 N–H and O–H groups in total. The third-order valence-electron chi connectivity index (χ3n) is 4.13. The van der Waals surface area contributed by atoms with Gasteiger partial charge >= 0.3 is 0 Å². The van der Waals surface area contributed by atoms with Crippen LogP contribution in [-0.2, 0) is 0 Å². The molecule has 0 saturated heterocycles. The minimum atomic E-state index is -0.562. The zero-order chi connectivity index (χ0) is 18.8. The summed E-state index contributed by atoms with van der Waals surface area (Å²) in [4.78, 5) is 8.75. The molecule has 3 rings (SSSR count). The Bertz CT molecular complexity index is 999. The number of pyridine rings is 1. The lowest BCUT2D eigenvalue weighted by Gasteiger charge is -2.27. The Labute approximate surface area is 149 Å². The number of guanidine groups is 1. The molecular formula is C17H16N8O. The van der Waals surface area contributed by atoms with E-state index in [-0.39, 0.29) is 23.0 Å². The van der Waals surface area contributed by atoms with Gasteiger partial charge in [0.2, 0.25) is 5.96 Å². The number of benzene rings is 1. The summed E-state index contributed by atoms with van der Waals surface area (Å²) in [6.45, 7) is 1.92. The summed E-state index contributed by atoms with van der Waals surface area (Å²) < 4.78 is 5.24. The molecule has 0 fully saturated rings. The number of aryl methyl sites for hydroxylation is 1. The second kappa shape index (κ2) is 6.49. The number of ether oxygens (including phenoxy) is 1. The van der Waals surface area contributed by atoms with Crippen LogP contribution in [0.5, 0.6) is 5.75 Å². The highest BCUT2D eigenvalue weighted by atomic mass is 16.5. The Morgan fingerprint density at radius 2 is 2.08 bits per heavy atom. The van der Waals surface area contributed by atoms with E-state index in [9.17, 15) is 5.26 Å². The zero-order valence-corrected chi connectivity index (χ0v) is 14.2. The number of aliphatic imine (C=N–C) groups is 1. The van der Waals surface area contributed by atoms with Crippen molar-refractivity contribution < 1.29 is 4.74 Å². The molecule has 1 aliphatic rings. The molecule has 0 radical (unpaired) electrons. The fraction of sp³-hybridized carbons (Fsp3) is 0.176. The molecule has 1 atom stereocenters. The number of nitrogens with two attached hydrogens (primary N) is 2. The lowest BCUT2D eigenvalue weighted by molar-refractivity contribution is 0.414. The van der Waals surface area contributed by atoms with Crippen molar-refractivity contribution in [2.75, 3.05) is 23.9 Å². The number of hydrogen-bond donors (Lipinski definition) is 4. The fourth-order valence-corrected chi connectivity index (χ4v) is 2.89. The Balaban J connectivity index is 2.25. The number of nitriles is 2. The molecule has 2 heterocycles. The molecule has 9 heteroatoms. The van der Waals surface area contributed by atoms with Gasteiger partial charge in [0.05, 0.1) is 12.8 Å². The van der Waals surface area contributed by atoms with Crippen molar-refractivity contribution in [1.82, 2.24) is 10.3 Å². The minimum absolute atomic E-state index is 0.0136. The quantitative estimate of drug-likeness (QED) is 0.468. The maximum absolute atomic E-state index is 9.34. The van der Waals surface area contributed by atoms with Crippen molar-refractivity contribution in [2.24, 2.45) is 4.99 Å². The van der Waals surface area contributed by atoms with Gasteiger partial charge in [0, 0.05) is 5.56 Å². The van der Waals surface area contributed by atoms with Crippen LogP contribution in [0, 0.1) is 29.7 Å². The standard InChI is InChI=1S/C17H16N8O/c1-8-5-9(26-2)3-4-10(8)14-12-13(20)11(6-18)15(21)24-16(12)25-17(23-14)22-7-19/h3-5,14H,1-2H3,(H6,20,21,22,23,24,25). The van der Waals surface area contributed by atoms with Crippen LogP contribution in [-0.4, -0.2) is 18.1 Å². The van der Waals surface area contributed by atoms with Crippen molar-refractivity contribution in [3.05, 3.63) is 40.5 Å². The van der Waals surface area contributed by atoms with Crippen molar-refractivity contribution in [3.8, 4) is 18.0 Å². The van der Waals surface area contributed by atoms with Gasteiger partial charge in [-0.1, -0.05) is 6.07 Å². The number of methoxy groups -OCH3 is 1. The normalized spacial score (nSPS) is 14.9. The summed E-state index contributed by atoms with van der Waals surface area (Å²) in [5.74, 6) is 1.30. The van der Waals surface area contributed by atoms with Gasteiger partial charge in [-0.2, -0.15) is 10.5 Å². The predicted molar refractivity (Wildman–Crippen MR) is 97.2 cm³/mol. The third-order valence-corrected chi connectivity index (χ3v) is 4.13. The second-order valence-electron chi connectivity index (χ2n) is 5.62. The number of hydrogen-bond acceptors (Lipinski definition) is 9. The van der Waals surface area contributed by atoms with Crippen LogP contribution in [0.15, 0.2) is 23.2 Å². The van der Waals surface area contributed by atoms with E-state index in [4.69, 9.17) is 21.5 Å². The summed E-state index contributed by atoms with van der Waals surface area (Å²) in [5.41, 5.74) is 14.6. The fourth-order valence-electron chi connectivity index (χ4n) is 2.89. The van der Waals surface area contributed by atoms with E-state index >= 15 is 0 Å². The lowest BCUT2D eigenvalue weighted by atomic mass is 9.92. The molecule has 0 bridgehead atoms. The van der Waals surface area contributed by atoms with Gasteiger partial charge in [-0.05, 0) is 30.2 Å². The summed E-state index contributed by atoms with van der Waals surface area (Å²) >= 11 is 0. The highest BCUT2D eigenvalue weighted by molar-refractivity contribution is 5.98. The average Bonchev–Trinajstić information content (AvgIpc) is 2.61. The zero-order valence-electron chi connectivity index (χ0n) is 14.2. The van der Waals surface area contributed by atoms with Crippen LogP contribution >= 0.6 is 0 Å². The van der Waals surface area contributed by atoms with E-state index in [0.717, 1.165) is 11.1 Å². The van der Waals surface area contributed by atoms with E-state index in [1.165, 1.54) is 0 Å². The first-order valence-corrected chi connectivity index (χ1v) is 7.63. The number of fused-ring (bicyclic) bond motifs is 1. The second-order valence-corrected chi connectivity index (χ2v) is 5.62. The Morgan fingerprint density at radius 3 is 2.69 bits per heavy atom. The maximum atomic E-state index is 9.34. The molecular weight excluding hydrogens is 332 g/mol. The van der Waals surface area contributed by atoms with Gasteiger partial charge in [0.25, 0.3) is 0 Å². The Hall–Kier alpha value is -3.98. The molecule has 1 aromatic heterocycles. The first kappa shape index (κ1) is 16.9. The van der Waals surface area contributed by atoms with Crippen LogP contribution in [0.4, 0.5) is 17.3 Å². The number of nitrogens with zero attached hydrogens (tertiary/aromatic N) is 4. The molecule has 0 spiro atoms. The molecule has 2 aromatic rings. The van der Waals surface area contributed by atoms with Crippen molar-refractivity contribution >= 4 is 23.3 Å².